The van der Waals surface area contributed by atoms with Crippen LogP contribution in [0, 0.1) is 0 Å². The molecule has 2 rings (SSSR count). The molecular weight excluding hydrogens is 272 g/mol. The summed E-state index contributed by atoms with van der Waals surface area (Å²) < 4.78 is 10.7. The van der Waals surface area contributed by atoms with E-state index < -0.39 is 11.9 Å². The number of ether oxygens (including phenoxy) is 2. The Hall–Kier alpha value is -2.63. The number of esters is 1. The second-order valence-corrected chi connectivity index (χ2v) is 4.81. The molecule has 0 aliphatic heterocycles. The van der Waals surface area contributed by atoms with Crippen LogP contribution in [0.3, 0.4) is 0 Å². The number of primary amides is 1. The molecule has 0 aliphatic rings. The number of amides is 1. The lowest BCUT2D eigenvalue weighted by molar-refractivity contribution is -0.131. The average Bonchev–Trinajstić information content (AvgIpc) is 2.36. The van der Waals surface area contributed by atoms with Gasteiger partial charge in [-0.2, -0.15) is 0 Å². The number of carbonyl (C=O) groups is 2. The Balaban J connectivity index is 2.60. The molecule has 0 saturated heterocycles. The molecule has 0 spiro atoms. The number of fused-ring (bicyclic) bond motifs is 1. The lowest BCUT2D eigenvalue weighted by Gasteiger charge is -2.12. The third-order valence-corrected chi connectivity index (χ3v) is 2.67. The molecule has 2 N–H and O–H groups in total. The number of nitrogens with zero attached hydrogens (tertiary/aromatic N) is 1. The Bertz CT molecular complexity index is 710. The Morgan fingerprint density at radius 3 is 2.57 bits per heavy atom. The van der Waals surface area contributed by atoms with Gasteiger partial charge >= 0.3 is 5.97 Å². The highest BCUT2D eigenvalue weighted by molar-refractivity contribution is 6.02. The van der Waals surface area contributed by atoms with Gasteiger partial charge < -0.3 is 15.2 Å². The Morgan fingerprint density at radius 1 is 1.29 bits per heavy atom. The molecule has 0 atom stereocenters. The molecule has 0 saturated carbocycles. The summed E-state index contributed by atoms with van der Waals surface area (Å²) in [6.07, 6.45) is 1.53. The summed E-state index contributed by atoms with van der Waals surface area (Å²) in [7, 11) is 0. The van der Waals surface area contributed by atoms with Crippen LogP contribution in [-0.4, -0.2) is 23.0 Å². The number of rotatable bonds is 4. The van der Waals surface area contributed by atoms with Gasteiger partial charge in [0.15, 0.2) is 11.4 Å². The summed E-state index contributed by atoms with van der Waals surface area (Å²) in [5.41, 5.74) is 5.19. The summed E-state index contributed by atoms with van der Waals surface area (Å²) in [5.74, 6) is -0.562. The van der Waals surface area contributed by atoms with Crippen LogP contribution in [0.4, 0.5) is 0 Å². The SMILES string of the molecule is CC(=O)Oc1c(C(N)=O)ncc2cc(OC(C)C)ccc12. The van der Waals surface area contributed by atoms with Crippen molar-refractivity contribution in [2.45, 2.75) is 26.9 Å². The topological polar surface area (TPSA) is 91.5 Å². The van der Waals surface area contributed by atoms with Crippen molar-refractivity contribution in [3.8, 4) is 11.5 Å². The standard InChI is InChI=1S/C15H16N2O4/c1-8(2)20-11-4-5-12-10(6-11)7-17-13(15(16)19)14(12)21-9(3)18/h4-8H,1-3H3,(H2,16,19). The lowest BCUT2D eigenvalue weighted by atomic mass is 10.1. The van der Waals surface area contributed by atoms with Crippen molar-refractivity contribution >= 4 is 22.6 Å². The van der Waals surface area contributed by atoms with Crippen molar-refractivity contribution < 1.29 is 19.1 Å². The highest BCUT2D eigenvalue weighted by Gasteiger charge is 2.17. The number of hydrogen-bond acceptors (Lipinski definition) is 5. The van der Waals surface area contributed by atoms with E-state index in [0.29, 0.717) is 16.5 Å². The zero-order valence-electron chi connectivity index (χ0n) is 12.0. The molecule has 0 radical (unpaired) electrons. The van der Waals surface area contributed by atoms with E-state index >= 15 is 0 Å². The van der Waals surface area contributed by atoms with Gasteiger partial charge in [-0.15, -0.1) is 0 Å². The van der Waals surface area contributed by atoms with Crippen LogP contribution < -0.4 is 15.2 Å². The largest absolute Gasteiger partial charge is 0.491 e. The lowest BCUT2D eigenvalue weighted by Crippen LogP contribution is -2.16. The fraction of sp³-hybridized carbons (Fsp3) is 0.267. The van der Waals surface area contributed by atoms with Crippen LogP contribution in [0.15, 0.2) is 24.4 Å². The minimum absolute atomic E-state index is 0.0354. The normalized spacial score (nSPS) is 10.7. The van der Waals surface area contributed by atoms with Crippen molar-refractivity contribution in [1.82, 2.24) is 4.98 Å². The maximum atomic E-state index is 11.4. The smallest absolute Gasteiger partial charge is 0.308 e. The first kappa shape index (κ1) is 14.8. The van der Waals surface area contributed by atoms with Crippen LogP contribution in [0.25, 0.3) is 10.8 Å². The minimum Gasteiger partial charge on any atom is -0.491 e. The number of benzene rings is 1. The molecule has 2 aromatic rings. The maximum Gasteiger partial charge on any atom is 0.308 e. The first-order valence-corrected chi connectivity index (χ1v) is 6.46. The maximum absolute atomic E-state index is 11.4. The Kier molecular flexibility index (Phi) is 4.07. The molecule has 0 unspecified atom stereocenters. The third kappa shape index (κ3) is 3.28. The van der Waals surface area contributed by atoms with Crippen LogP contribution in [-0.2, 0) is 4.79 Å². The second kappa shape index (κ2) is 5.78. The number of pyridine rings is 1. The fourth-order valence-electron chi connectivity index (χ4n) is 1.94. The van der Waals surface area contributed by atoms with E-state index in [2.05, 4.69) is 4.98 Å². The summed E-state index contributed by atoms with van der Waals surface area (Å²) >= 11 is 0. The average molecular weight is 288 g/mol. The van der Waals surface area contributed by atoms with Gasteiger partial charge in [-0.25, -0.2) is 4.98 Å². The molecule has 1 aromatic carbocycles. The van der Waals surface area contributed by atoms with Gasteiger partial charge in [0.05, 0.1) is 6.10 Å². The molecule has 0 fully saturated rings. The van der Waals surface area contributed by atoms with Crippen LogP contribution in [0.1, 0.15) is 31.3 Å². The highest BCUT2D eigenvalue weighted by Crippen LogP contribution is 2.31. The predicted octanol–water partition coefficient (Wildman–Crippen LogP) is 2.05. The van der Waals surface area contributed by atoms with Crippen LogP contribution >= 0.6 is 0 Å². The van der Waals surface area contributed by atoms with Crippen molar-refractivity contribution in [1.29, 1.82) is 0 Å². The third-order valence-electron chi connectivity index (χ3n) is 2.67. The number of hydrogen-bond donors (Lipinski definition) is 1. The second-order valence-electron chi connectivity index (χ2n) is 4.81. The zero-order chi connectivity index (χ0) is 15.6. The summed E-state index contributed by atoms with van der Waals surface area (Å²) in [5, 5.41) is 1.26. The van der Waals surface area contributed by atoms with Gasteiger partial charge in [-0.1, -0.05) is 0 Å². The van der Waals surface area contributed by atoms with Gasteiger partial charge in [-0.05, 0) is 32.0 Å². The molecule has 1 amide bonds. The summed E-state index contributed by atoms with van der Waals surface area (Å²) in [6, 6.07) is 5.21. The van der Waals surface area contributed by atoms with E-state index in [1.54, 1.807) is 18.2 Å². The zero-order valence-corrected chi connectivity index (χ0v) is 12.0. The first-order valence-electron chi connectivity index (χ1n) is 6.46. The molecule has 1 aromatic heterocycles. The van der Waals surface area contributed by atoms with Gasteiger partial charge in [0.25, 0.3) is 5.91 Å². The van der Waals surface area contributed by atoms with Gasteiger partial charge in [0.1, 0.15) is 5.75 Å². The molecule has 6 nitrogen and oxygen atoms in total. The van der Waals surface area contributed by atoms with E-state index in [9.17, 15) is 9.59 Å². The summed E-state index contributed by atoms with van der Waals surface area (Å²) in [6.45, 7) is 5.09. The van der Waals surface area contributed by atoms with Gasteiger partial charge in [0, 0.05) is 23.9 Å². The molecule has 6 heteroatoms. The molecule has 0 aliphatic carbocycles. The van der Waals surface area contributed by atoms with Crippen molar-refractivity contribution in [3.63, 3.8) is 0 Å². The molecular formula is C15H16N2O4. The van der Waals surface area contributed by atoms with Crippen molar-refractivity contribution in [2.24, 2.45) is 5.73 Å². The molecule has 21 heavy (non-hydrogen) atoms. The first-order chi connectivity index (χ1) is 9.88. The highest BCUT2D eigenvalue weighted by atomic mass is 16.5. The Labute approximate surface area is 121 Å². The number of aromatic nitrogens is 1. The van der Waals surface area contributed by atoms with Crippen molar-refractivity contribution in [3.05, 3.63) is 30.1 Å². The predicted molar refractivity (Wildman–Crippen MR) is 77.3 cm³/mol. The molecule has 1 heterocycles. The van der Waals surface area contributed by atoms with E-state index in [0.717, 1.165) is 0 Å². The molecule has 110 valence electrons. The fourth-order valence-corrected chi connectivity index (χ4v) is 1.94. The molecule has 0 bridgehead atoms. The summed E-state index contributed by atoms with van der Waals surface area (Å²) in [4.78, 5) is 26.6. The van der Waals surface area contributed by atoms with Crippen molar-refractivity contribution in [2.75, 3.05) is 0 Å². The van der Waals surface area contributed by atoms with Gasteiger partial charge in [-0.3, -0.25) is 9.59 Å². The number of nitrogens with two attached hydrogens (primary N) is 1. The van der Waals surface area contributed by atoms with E-state index in [1.807, 2.05) is 13.8 Å². The van der Waals surface area contributed by atoms with Gasteiger partial charge in [0.2, 0.25) is 0 Å². The van der Waals surface area contributed by atoms with E-state index in [-0.39, 0.29) is 17.5 Å². The van der Waals surface area contributed by atoms with Crippen LogP contribution in [0.2, 0.25) is 0 Å². The Morgan fingerprint density at radius 2 is 2.00 bits per heavy atom. The van der Waals surface area contributed by atoms with E-state index in [1.165, 1.54) is 13.1 Å². The van der Waals surface area contributed by atoms with Crippen LogP contribution in [0.5, 0.6) is 11.5 Å². The number of carbonyl (C=O) groups excluding carboxylic acids is 2. The minimum atomic E-state index is -0.754. The van der Waals surface area contributed by atoms with E-state index in [4.69, 9.17) is 15.2 Å². The quantitative estimate of drug-likeness (QED) is 0.869. The monoisotopic (exact) mass is 288 g/mol.